The molecule has 0 aliphatic heterocycles. The molecule has 14 heavy (non-hydrogen) atoms. The van der Waals surface area contributed by atoms with E-state index in [0.29, 0.717) is 0 Å². The van der Waals surface area contributed by atoms with Gasteiger partial charge in [0, 0.05) is 0 Å². The molecule has 0 aromatic carbocycles. The number of nitrogens with two attached hydrogens (primary N) is 2. The summed E-state index contributed by atoms with van der Waals surface area (Å²) in [4.78, 5) is 10.4. The van der Waals surface area contributed by atoms with Crippen molar-refractivity contribution >= 4 is 22.2 Å². The van der Waals surface area contributed by atoms with E-state index < -0.39 is 16.3 Å². The zero-order valence-electron chi connectivity index (χ0n) is 6.75. The summed E-state index contributed by atoms with van der Waals surface area (Å²) in [5, 5.41) is 0. The number of nitrogen functional groups attached to an aromatic ring is 1. The Labute approximate surface area is 79.1 Å². The molecule has 0 spiro atoms. The van der Waals surface area contributed by atoms with Crippen LogP contribution in [0.25, 0.3) is 0 Å². The van der Waals surface area contributed by atoms with Crippen molar-refractivity contribution in [3.8, 4) is 0 Å². The second-order valence-electron chi connectivity index (χ2n) is 2.01. The molecule has 0 radical (unpaired) electrons. The first-order valence-corrected chi connectivity index (χ1v) is 4.44. The van der Waals surface area contributed by atoms with Gasteiger partial charge in [-0.2, -0.15) is 8.42 Å². The van der Waals surface area contributed by atoms with Gasteiger partial charge in [0.15, 0.2) is 0 Å². The van der Waals surface area contributed by atoms with Gasteiger partial charge in [-0.05, 0) is 6.07 Å². The molecule has 0 saturated carbocycles. The van der Waals surface area contributed by atoms with E-state index >= 15 is 0 Å². The maximum atomic E-state index is 10.4. The molecule has 1 rings (SSSR count). The van der Waals surface area contributed by atoms with E-state index in [-0.39, 0.29) is 11.4 Å². The Morgan fingerprint density at radius 3 is 2.00 bits per heavy atom. The quantitative estimate of drug-likeness (QED) is 0.459. The molecule has 8 nitrogen and oxygen atoms in total. The van der Waals surface area contributed by atoms with Crippen LogP contribution in [0.1, 0.15) is 10.4 Å². The fourth-order valence-electron chi connectivity index (χ4n) is 0.525. The highest BCUT2D eigenvalue weighted by atomic mass is 32.3. The molecular formula is C5H8N2O6S. The summed E-state index contributed by atoms with van der Waals surface area (Å²) >= 11 is 0. The van der Waals surface area contributed by atoms with Crippen molar-refractivity contribution in [2.45, 2.75) is 0 Å². The van der Waals surface area contributed by atoms with Crippen LogP contribution in [0.2, 0.25) is 0 Å². The molecule has 6 N–H and O–H groups in total. The van der Waals surface area contributed by atoms with E-state index in [1.807, 2.05) is 0 Å². The van der Waals surface area contributed by atoms with E-state index in [2.05, 4.69) is 4.42 Å². The second-order valence-corrected chi connectivity index (χ2v) is 2.91. The highest BCUT2D eigenvalue weighted by Crippen LogP contribution is 2.10. The van der Waals surface area contributed by atoms with Crippen molar-refractivity contribution in [1.29, 1.82) is 0 Å². The van der Waals surface area contributed by atoms with E-state index in [0.717, 1.165) is 0 Å². The predicted molar refractivity (Wildman–Crippen MR) is 45.8 cm³/mol. The normalized spacial score (nSPS) is 10.1. The molecule has 0 unspecified atom stereocenters. The van der Waals surface area contributed by atoms with Crippen molar-refractivity contribution in [2.24, 2.45) is 5.73 Å². The maximum Gasteiger partial charge on any atom is 0.394 e. The molecule has 0 atom stereocenters. The third kappa shape index (κ3) is 5.99. The average Bonchev–Trinajstić information content (AvgIpc) is 2.30. The van der Waals surface area contributed by atoms with Crippen LogP contribution < -0.4 is 11.5 Å². The molecule has 1 aromatic heterocycles. The highest BCUT2D eigenvalue weighted by Gasteiger charge is 2.06. The third-order valence-corrected chi connectivity index (χ3v) is 0.961. The monoisotopic (exact) mass is 224 g/mol. The second kappa shape index (κ2) is 4.60. The summed E-state index contributed by atoms with van der Waals surface area (Å²) < 4.78 is 36.2. The van der Waals surface area contributed by atoms with Gasteiger partial charge in [0.2, 0.25) is 5.88 Å². The molecule has 80 valence electrons. The fraction of sp³-hybridized carbons (Fsp3) is 0. The number of amides is 1. The van der Waals surface area contributed by atoms with Crippen molar-refractivity contribution in [2.75, 3.05) is 5.73 Å². The first kappa shape index (κ1) is 12.4. The summed E-state index contributed by atoms with van der Waals surface area (Å²) in [6.45, 7) is 0. The average molecular weight is 224 g/mol. The topological polar surface area (TPSA) is 157 Å². The number of furan rings is 1. The summed E-state index contributed by atoms with van der Waals surface area (Å²) in [6.07, 6.45) is 1.31. The van der Waals surface area contributed by atoms with Crippen molar-refractivity contribution < 1.29 is 26.7 Å². The van der Waals surface area contributed by atoms with Crippen LogP contribution in [0, 0.1) is 0 Å². The standard InChI is InChI=1S/C5H6N2O2.H2O4S/c6-4(8)3-1-2-9-5(3)7;1-5(2,3)4/h1-2H,7H2,(H2,6,8);(H2,1,2,3,4). The van der Waals surface area contributed by atoms with E-state index in [1.165, 1.54) is 12.3 Å². The number of anilines is 1. The summed E-state index contributed by atoms with van der Waals surface area (Å²) in [5.41, 5.74) is 10.3. The first-order chi connectivity index (χ1) is 6.22. The van der Waals surface area contributed by atoms with Gasteiger partial charge >= 0.3 is 10.4 Å². The van der Waals surface area contributed by atoms with E-state index in [1.54, 1.807) is 0 Å². The Kier molecular flexibility index (Phi) is 4.08. The van der Waals surface area contributed by atoms with Gasteiger partial charge in [-0.1, -0.05) is 0 Å². The van der Waals surface area contributed by atoms with Crippen LogP contribution in [0.15, 0.2) is 16.7 Å². The molecular weight excluding hydrogens is 216 g/mol. The lowest BCUT2D eigenvalue weighted by Crippen LogP contribution is -2.11. The van der Waals surface area contributed by atoms with Gasteiger partial charge in [0.1, 0.15) is 5.56 Å². The van der Waals surface area contributed by atoms with Gasteiger partial charge in [0.05, 0.1) is 6.26 Å². The molecule has 0 saturated heterocycles. The Hall–Kier alpha value is -1.58. The molecule has 0 bridgehead atoms. The van der Waals surface area contributed by atoms with Crippen LogP contribution in [-0.4, -0.2) is 23.4 Å². The maximum absolute atomic E-state index is 10.4. The summed E-state index contributed by atoms with van der Waals surface area (Å²) in [7, 11) is -4.67. The number of primary amides is 1. The van der Waals surface area contributed by atoms with E-state index in [4.69, 9.17) is 29.0 Å². The lowest BCUT2D eigenvalue weighted by molar-refractivity contribution is 0.100. The zero-order valence-corrected chi connectivity index (χ0v) is 7.56. The van der Waals surface area contributed by atoms with Gasteiger partial charge in [-0.15, -0.1) is 0 Å². The number of carbonyl (C=O) groups excluding carboxylic acids is 1. The van der Waals surface area contributed by atoms with Crippen molar-refractivity contribution in [1.82, 2.24) is 0 Å². The molecule has 1 aromatic rings. The van der Waals surface area contributed by atoms with Crippen LogP contribution >= 0.6 is 0 Å². The SMILES string of the molecule is NC(=O)c1ccoc1N.O=S(=O)(O)O. The predicted octanol–water partition coefficient (Wildman–Crippen LogP) is -0.692. The van der Waals surface area contributed by atoms with E-state index in [9.17, 15) is 4.79 Å². The minimum atomic E-state index is -4.67. The largest absolute Gasteiger partial charge is 0.448 e. The highest BCUT2D eigenvalue weighted by molar-refractivity contribution is 7.79. The van der Waals surface area contributed by atoms with Gasteiger partial charge in [-0.3, -0.25) is 13.9 Å². The van der Waals surface area contributed by atoms with Gasteiger partial charge in [0.25, 0.3) is 5.91 Å². The number of hydrogen-bond acceptors (Lipinski definition) is 5. The molecule has 0 aliphatic carbocycles. The minimum absolute atomic E-state index is 0.0718. The lowest BCUT2D eigenvalue weighted by atomic mass is 10.3. The fourth-order valence-corrected chi connectivity index (χ4v) is 0.525. The van der Waals surface area contributed by atoms with Crippen LogP contribution in [0.3, 0.4) is 0 Å². The van der Waals surface area contributed by atoms with Gasteiger partial charge in [-0.25, -0.2) is 0 Å². The van der Waals surface area contributed by atoms with Crippen LogP contribution in [0.4, 0.5) is 5.88 Å². The van der Waals surface area contributed by atoms with Crippen molar-refractivity contribution in [3.05, 3.63) is 17.9 Å². The number of carbonyl (C=O) groups is 1. The Morgan fingerprint density at radius 1 is 1.43 bits per heavy atom. The lowest BCUT2D eigenvalue weighted by Gasteiger charge is -1.86. The van der Waals surface area contributed by atoms with Crippen molar-refractivity contribution in [3.63, 3.8) is 0 Å². The minimum Gasteiger partial charge on any atom is -0.448 e. The zero-order chi connectivity index (χ0) is 11.4. The van der Waals surface area contributed by atoms with Crippen LogP contribution in [-0.2, 0) is 10.4 Å². The van der Waals surface area contributed by atoms with Crippen LogP contribution in [0.5, 0.6) is 0 Å². The van der Waals surface area contributed by atoms with Gasteiger partial charge < -0.3 is 15.9 Å². The Morgan fingerprint density at radius 2 is 1.86 bits per heavy atom. The number of rotatable bonds is 1. The molecule has 9 heteroatoms. The molecule has 1 amide bonds. The Bertz CT molecular complexity index is 400. The Balaban J connectivity index is 0.000000292. The molecule has 0 aliphatic rings. The first-order valence-electron chi connectivity index (χ1n) is 3.04. The summed E-state index contributed by atoms with van der Waals surface area (Å²) in [5.74, 6) is -0.497. The molecule has 0 fully saturated rings. The molecule has 1 heterocycles. The smallest absolute Gasteiger partial charge is 0.394 e. The summed E-state index contributed by atoms with van der Waals surface area (Å²) in [6, 6.07) is 1.43. The third-order valence-electron chi connectivity index (χ3n) is 0.961. The number of hydrogen-bond donors (Lipinski definition) is 4.